The van der Waals surface area contributed by atoms with Gasteiger partial charge >= 0.3 is 258 Å². The van der Waals surface area contributed by atoms with Gasteiger partial charge < -0.3 is 0 Å². The SMILES string of the molecule is Cc1cc[c]([Zr](=[SiH2])([C]2=CC=CC2)([c]2ccc(C)cc2)[c]2c(C(C)(C)C)ccc3c2Cc2cc(C(C)(C)C)ccc2-3)cc1. The monoisotopic (exact) mass is 644 g/mol. The van der Waals surface area contributed by atoms with E-state index in [1.165, 1.54) is 38.9 Å². The van der Waals surface area contributed by atoms with E-state index < -0.39 is 17.4 Å². The van der Waals surface area contributed by atoms with Crippen molar-refractivity contribution in [3.63, 3.8) is 0 Å². The fourth-order valence-corrected chi connectivity index (χ4v) is 31.0. The number of rotatable bonds is 4. The molecular formula is C40H46SiZr. The third-order valence-electron chi connectivity index (χ3n) is 10.2. The number of benzene rings is 4. The Balaban J connectivity index is 1.81. The first-order valence-corrected chi connectivity index (χ1v) is 26.4. The van der Waals surface area contributed by atoms with Crippen LogP contribution in [0.15, 0.2) is 100 Å². The predicted molar refractivity (Wildman–Crippen MR) is 184 cm³/mol. The van der Waals surface area contributed by atoms with Crippen LogP contribution in [0.1, 0.15) is 81.3 Å². The molecule has 2 heteroatoms. The van der Waals surface area contributed by atoms with Crippen LogP contribution in [0.4, 0.5) is 0 Å². The van der Waals surface area contributed by atoms with Gasteiger partial charge in [0, 0.05) is 0 Å². The van der Waals surface area contributed by atoms with Crippen molar-refractivity contribution in [2.45, 2.75) is 79.1 Å². The molecule has 2 aliphatic carbocycles. The maximum absolute atomic E-state index is 4.51. The van der Waals surface area contributed by atoms with Crippen molar-refractivity contribution in [2.75, 3.05) is 0 Å². The van der Waals surface area contributed by atoms with Gasteiger partial charge in [0.05, 0.1) is 0 Å². The van der Waals surface area contributed by atoms with Crippen LogP contribution in [0.2, 0.25) is 0 Å². The average Bonchev–Trinajstić information content (AvgIpc) is 3.60. The molecular weight excluding hydrogens is 600 g/mol. The number of hydrogen-bond donors (Lipinski definition) is 0. The Morgan fingerprint density at radius 3 is 1.74 bits per heavy atom. The first kappa shape index (κ1) is 29.5. The quantitative estimate of drug-likeness (QED) is 0.175. The zero-order chi connectivity index (χ0) is 30.1. The third-order valence-corrected chi connectivity index (χ3v) is 36.2. The second-order valence-electron chi connectivity index (χ2n) is 15.1. The van der Waals surface area contributed by atoms with Crippen molar-refractivity contribution in [1.29, 1.82) is 0 Å². The fraction of sp³-hybridized carbons (Fsp3) is 0.300. The van der Waals surface area contributed by atoms with Gasteiger partial charge in [-0.25, -0.2) is 0 Å². The van der Waals surface area contributed by atoms with Crippen molar-refractivity contribution in [1.82, 2.24) is 0 Å². The van der Waals surface area contributed by atoms with E-state index >= 15 is 0 Å². The van der Waals surface area contributed by atoms with Gasteiger partial charge in [-0.2, -0.15) is 0 Å². The second kappa shape index (κ2) is 10.0. The summed E-state index contributed by atoms with van der Waals surface area (Å²) in [7, 11) is 0. The van der Waals surface area contributed by atoms with E-state index in [4.69, 9.17) is 0 Å². The molecule has 0 aliphatic heterocycles. The van der Waals surface area contributed by atoms with Crippen LogP contribution >= 0.6 is 0 Å². The molecule has 0 heterocycles. The van der Waals surface area contributed by atoms with E-state index in [2.05, 4.69) is 159 Å². The molecule has 0 nitrogen and oxygen atoms in total. The molecule has 2 aliphatic rings. The van der Waals surface area contributed by atoms with E-state index in [9.17, 15) is 0 Å². The van der Waals surface area contributed by atoms with E-state index in [0.29, 0.717) is 0 Å². The maximum atomic E-state index is 2.51. The van der Waals surface area contributed by atoms with Gasteiger partial charge in [-0.3, -0.25) is 0 Å². The van der Waals surface area contributed by atoms with Gasteiger partial charge in [-0.1, -0.05) is 0 Å². The predicted octanol–water partition coefficient (Wildman–Crippen LogP) is 7.83. The molecule has 0 atom stereocenters. The molecule has 0 saturated heterocycles. The molecule has 214 valence electrons. The number of fused-ring (bicyclic) bond motifs is 3. The molecule has 0 spiro atoms. The number of hydrogen-bond acceptors (Lipinski definition) is 0. The molecule has 42 heavy (non-hydrogen) atoms. The van der Waals surface area contributed by atoms with Crippen LogP contribution in [-0.2, 0) is 34.6 Å². The Kier molecular flexibility index (Phi) is 7.03. The normalized spacial score (nSPS) is 15.0. The van der Waals surface area contributed by atoms with E-state index in [0.717, 1.165) is 12.8 Å². The van der Waals surface area contributed by atoms with E-state index in [1.54, 1.807) is 18.7 Å². The van der Waals surface area contributed by atoms with E-state index in [-0.39, 0.29) is 10.8 Å². The molecule has 0 bridgehead atoms. The zero-order valence-corrected chi connectivity index (χ0v) is 30.7. The van der Waals surface area contributed by atoms with Gasteiger partial charge in [-0.05, 0) is 0 Å². The molecule has 0 fully saturated rings. The molecule has 4 aromatic rings. The van der Waals surface area contributed by atoms with Gasteiger partial charge in [-0.15, -0.1) is 0 Å². The van der Waals surface area contributed by atoms with Crippen LogP contribution < -0.4 is 9.81 Å². The molecule has 0 amide bonds. The summed E-state index contributed by atoms with van der Waals surface area (Å²) < 4.78 is 6.47. The second-order valence-corrected chi connectivity index (χ2v) is 36.3. The van der Waals surface area contributed by atoms with E-state index in [1.807, 2.05) is 0 Å². The summed E-state index contributed by atoms with van der Waals surface area (Å²) in [4.78, 5) is 0. The van der Waals surface area contributed by atoms with Gasteiger partial charge in [0.15, 0.2) is 0 Å². The first-order valence-electron chi connectivity index (χ1n) is 15.6. The Morgan fingerprint density at radius 1 is 0.667 bits per heavy atom. The van der Waals surface area contributed by atoms with Crippen LogP contribution in [0, 0.1) is 13.8 Å². The third kappa shape index (κ3) is 4.39. The first-order chi connectivity index (χ1) is 19.7. The van der Waals surface area contributed by atoms with Crippen LogP contribution in [0.25, 0.3) is 11.1 Å². The van der Waals surface area contributed by atoms with Crippen molar-refractivity contribution in [2.24, 2.45) is 0 Å². The molecule has 0 N–H and O–H groups in total. The number of aryl methyl sites for hydroxylation is 2. The Morgan fingerprint density at radius 2 is 1.24 bits per heavy atom. The summed E-state index contributed by atoms with van der Waals surface area (Å²) in [6, 6.07) is 31.7. The zero-order valence-electron chi connectivity index (χ0n) is 26.9. The Bertz CT molecular complexity index is 1780. The molecule has 0 aromatic heterocycles. The number of allylic oxidation sites excluding steroid dienone is 4. The van der Waals surface area contributed by atoms with Gasteiger partial charge in [0.1, 0.15) is 0 Å². The summed E-state index contributed by atoms with van der Waals surface area (Å²) in [5.41, 5.74) is 11.7. The van der Waals surface area contributed by atoms with Crippen LogP contribution in [-0.4, -0.2) is 6.88 Å². The van der Waals surface area contributed by atoms with Gasteiger partial charge in [0.2, 0.25) is 0 Å². The van der Waals surface area contributed by atoms with Crippen molar-refractivity contribution in [3.8, 4) is 11.1 Å². The minimum atomic E-state index is -4.51. The van der Waals surface area contributed by atoms with Crippen molar-refractivity contribution in [3.05, 3.63) is 134 Å². The molecule has 4 aromatic carbocycles. The fourth-order valence-electron chi connectivity index (χ4n) is 7.68. The molecule has 6 rings (SSSR count). The molecule has 0 unspecified atom stereocenters. The summed E-state index contributed by atoms with van der Waals surface area (Å²) in [5, 5.41) is 0. The Labute approximate surface area is 256 Å². The Hall–Kier alpha value is -2.54. The average molecular weight is 646 g/mol. The topological polar surface area (TPSA) is 0 Å². The standard InChI is InChI=1S/C21H25.2C7H7.C5H5.H2Si.Zr/c1-20(2,3)16-7-9-18-14(12-16)11-15-13-17(21(4,5)6)8-10-19(15)18;2*1-7-5-3-2-4-6-7;1-2-4-5-3-1;;/h7-10,12H,11H2,1-6H3;2*3-6H,1H3;1-3H,4H2;1H2;. The van der Waals surface area contributed by atoms with Crippen LogP contribution in [0.5, 0.6) is 0 Å². The van der Waals surface area contributed by atoms with Crippen molar-refractivity contribution < 1.29 is 17.4 Å². The summed E-state index contributed by atoms with van der Waals surface area (Å²) in [6.45, 7) is 21.1. The van der Waals surface area contributed by atoms with Gasteiger partial charge in [0.25, 0.3) is 0 Å². The molecule has 0 saturated carbocycles. The van der Waals surface area contributed by atoms with Crippen LogP contribution in [0.3, 0.4) is 0 Å². The summed E-state index contributed by atoms with van der Waals surface area (Å²) in [6.07, 6.45) is 9.26. The molecule has 0 radical (unpaired) electrons. The van der Waals surface area contributed by atoms with Crippen molar-refractivity contribution >= 4 is 16.7 Å². The summed E-state index contributed by atoms with van der Waals surface area (Å²) in [5.74, 6) is 0. The summed E-state index contributed by atoms with van der Waals surface area (Å²) >= 11 is -4.51. The minimum absolute atomic E-state index is 0.00721.